The molecule has 1 amide bonds. The molecule has 2 N–H and O–H groups in total. The SMILES string of the molecule is CC(C)(CO)CNC(=O)CCOc1cccc(Br)c1. The van der Waals surface area contributed by atoms with Crippen LogP contribution in [0.2, 0.25) is 0 Å². The highest BCUT2D eigenvalue weighted by Gasteiger charge is 2.17. The number of aliphatic hydroxyl groups is 1. The average Bonchev–Trinajstić information content (AvgIpc) is 2.37. The van der Waals surface area contributed by atoms with Gasteiger partial charge in [-0.15, -0.1) is 0 Å². The summed E-state index contributed by atoms with van der Waals surface area (Å²) >= 11 is 3.35. The van der Waals surface area contributed by atoms with Crippen molar-refractivity contribution in [2.45, 2.75) is 20.3 Å². The van der Waals surface area contributed by atoms with Gasteiger partial charge in [-0.3, -0.25) is 4.79 Å². The maximum atomic E-state index is 11.6. The average molecular weight is 330 g/mol. The fraction of sp³-hybridized carbons (Fsp3) is 0.500. The van der Waals surface area contributed by atoms with Gasteiger partial charge < -0.3 is 15.2 Å². The van der Waals surface area contributed by atoms with Crippen LogP contribution >= 0.6 is 15.9 Å². The number of carbonyl (C=O) groups is 1. The van der Waals surface area contributed by atoms with E-state index in [9.17, 15) is 4.79 Å². The largest absolute Gasteiger partial charge is 0.493 e. The van der Waals surface area contributed by atoms with Gasteiger partial charge in [-0.1, -0.05) is 35.8 Å². The Bertz CT molecular complexity index is 421. The number of hydrogen-bond acceptors (Lipinski definition) is 3. The maximum Gasteiger partial charge on any atom is 0.223 e. The van der Waals surface area contributed by atoms with Crippen molar-refractivity contribution >= 4 is 21.8 Å². The predicted octanol–water partition coefficient (Wildman–Crippen LogP) is 2.35. The minimum atomic E-state index is -0.291. The molecule has 0 heterocycles. The van der Waals surface area contributed by atoms with Crippen LogP contribution in [-0.4, -0.2) is 30.8 Å². The maximum absolute atomic E-state index is 11.6. The van der Waals surface area contributed by atoms with E-state index in [1.807, 2.05) is 38.1 Å². The Balaban J connectivity index is 2.24. The Kier molecular flexibility index (Phi) is 6.31. The minimum Gasteiger partial charge on any atom is -0.493 e. The Morgan fingerprint density at radius 3 is 2.84 bits per heavy atom. The molecular weight excluding hydrogens is 310 g/mol. The lowest BCUT2D eigenvalue weighted by molar-refractivity contribution is -0.122. The van der Waals surface area contributed by atoms with Crippen LogP contribution in [0.1, 0.15) is 20.3 Å². The first-order chi connectivity index (χ1) is 8.93. The molecule has 0 fully saturated rings. The molecule has 0 atom stereocenters. The molecule has 0 aliphatic heterocycles. The molecule has 0 aliphatic carbocycles. The summed E-state index contributed by atoms with van der Waals surface area (Å²) in [6.45, 7) is 4.62. The van der Waals surface area contributed by atoms with Crippen LogP contribution in [-0.2, 0) is 4.79 Å². The molecule has 0 aliphatic rings. The van der Waals surface area contributed by atoms with Crippen molar-refractivity contribution in [3.63, 3.8) is 0 Å². The van der Waals surface area contributed by atoms with Gasteiger partial charge in [-0.05, 0) is 18.2 Å². The van der Waals surface area contributed by atoms with Gasteiger partial charge in [0.05, 0.1) is 13.0 Å². The lowest BCUT2D eigenvalue weighted by Gasteiger charge is -2.21. The van der Waals surface area contributed by atoms with Gasteiger partial charge >= 0.3 is 0 Å². The first kappa shape index (κ1) is 16.0. The standard InChI is InChI=1S/C14H20BrNO3/c1-14(2,10-17)9-16-13(18)6-7-19-12-5-3-4-11(15)8-12/h3-5,8,17H,6-7,9-10H2,1-2H3,(H,16,18). The van der Waals surface area contributed by atoms with E-state index < -0.39 is 0 Å². The van der Waals surface area contributed by atoms with Crippen molar-refractivity contribution in [3.05, 3.63) is 28.7 Å². The van der Waals surface area contributed by atoms with Crippen LogP contribution in [0.5, 0.6) is 5.75 Å². The summed E-state index contributed by atoms with van der Waals surface area (Å²) in [5, 5.41) is 11.9. The van der Waals surface area contributed by atoms with Crippen molar-refractivity contribution in [3.8, 4) is 5.75 Å². The molecule has 0 aromatic heterocycles. The second-order valence-corrected chi connectivity index (χ2v) is 6.07. The summed E-state index contributed by atoms with van der Waals surface area (Å²) in [5.41, 5.74) is -0.291. The molecule has 4 nitrogen and oxygen atoms in total. The lowest BCUT2D eigenvalue weighted by Crippen LogP contribution is -2.36. The van der Waals surface area contributed by atoms with Gasteiger partial charge in [-0.25, -0.2) is 0 Å². The summed E-state index contributed by atoms with van der Waals surface area (Å²) in [5.74, 6) is 0.661. The van der Waals surface area contributed by atoms with Crippen molar-refractivity contribution in [1.29, 1.82) is 0 Å². The third-order valence-electron chi connectivity index (χ3n) is 2.59. The minimum absolute atomic E-state index is 0.0435. The number of halogens is 1. The number of carbonyl (C=O) groups excluding carboxylic acids is 1. The summed E-state index contributed by atoms with van der Waals surface area (Å²) in [7, 11) is 0. The van der Waals surface area contributed by atoms with Gasteiger partial charge in [0, 0.05) is 23.0 Å². The second kappa shape index (κ2) is 7.50. The molecule has 1 aromatic rings. The third-order valence-corrected chi connectivity index (χ3v) is 3.08. The Morgan fingerprint density at radius 2 is 2.21 bits per heavy atom. The molecule has 106 valence electrons. The summed E-state index contributed by atoms with van der Waals surface area (Å²) in [6, 6.07) is 7.49. The molecule has 0 saturated heterocycles. The first-order valence-electron chi connectivity index (χ1n) is 6.19. The fourth-order valence-electron chi connectivity index (χ4n) is 1.30. The van der Waals surface area contributed by atoms with E-state index >= 15 is 0 Å². The number of nitrogens with one attached hydrogen (secondary N) is 1. The zero-order valence-electron chi connectivity index (χ0n) is 11.3. The number of hydrogen-bond donors (Lipinski definition) is 2. The van der Waals surface area contributed by atoms with Crippen molar-refractivity contribution in [2.75, 3.05) is 19.8 Å². The monoisotopic (exact) mass is 329 g/mol. The van der Waals surface area contributed by atoms with E-state index in [-0.39, 0.29) is 17.9 Å². The highest BCUT2D eigenvalue weighted by atomic mass is 79.9. The van der Waals surface area contributed by atoms with Crippen LogP contribution in [0, 0.1) is 5.41 Å². The fourth-order valence-corrected chi connectivity index (χ4v) is 1.68. The van der Waals surface area contributed by atoms with E-state index in [4.69, 9.17) is 9.84 Å². The summed E-state index contributed by atoms with van der Waals surface area (Å²) < 4.78 is 6.42. The normalized spacial score (nSPS) is 11.2. The van der Waals surface area contributed by atoms with Crippen LogP contribution in [0.25, 0.3) is 0 Å². The Morgan fingerprint density at radius 1 is 1.47 bits per heavy atom. The van der Waals surface area contributed by atoms with E-state index in [0.717, 1.165) is 10.2 Å². The molecule has 0 radical (unpaired) electrons. The van der Waals surface area contributed by atoms with Gasteiger partial charge in [0.25, 0.3) is 0 Å². The molecule has 0 saturated carbocycles. The highest BCUT2D eigenvalue weighted by Crippen LogP contribution is 2.17. The van der Waals surface area contributed by atoms with Gasteiger partial charge in [-0.2, -0.15) is 0 Å². The summed E-state index contributed by atoms with van der Waals surface area (Å²) in [6.07, 6.45) is 0.300. The van der Waals surface area contributed by atoms with Crippen molar-refractivity contribution in [1.82, 2.24) is 5.32 Å². The van der Waals surface area contributed by atoms with Gasteiger partial charge in [0.15, 0.2) is 0 Å². The first-order valence-corrected chi connectivity index (χ1v) is 6.98. The molecule has 0 unspecified atom stereocenters. The molecule has 1 rings (SSSR count). The lowest BCUT2D eigenvalue weighted by atomic mass is 9.95. The number of ether oxygens (including phenoxy) is 1. The number of amides is 1. The van der Waals surface area contributed by atoms with Crippen LogP contribution in [0.3, 0.4) is 0 Å². The third kappa shape index (κ3) is 6.59. The van der Waals surface area contributed by atoms with Crippen LogP contribution in [0.4, 0.5) is 0 Å². The molecular formula is C14H20BrNO3. The Hall–Kier alpha value is -1.07. The van der Waals surface area contributed by atoms with Gasteiger partial charge in [0.1, 0.15) is 5.75 Å². The zero-order valence-corrected chi connectivity index (χ0v) is 12.9. The predicted molar refractivity (Wildman–Crippen MR) is 78.1 cm³/mol. The van der Waals surface area contributed by atoms with E-state index in [1.54, 1.807) is 0 Å². The number of benzene rings is 1. The smallest absolute Gasteiger partial charge is 0.223 e. The van der Waals surface area contributed by atoms with E-state index in [1.165, 1.54) is 0 Å². The number of aliphatic hydroxyl groups excluding tert-OH is 1. The summed E-state index contributed by atoms with van der Waals surface area (Å²) in [4.78, 5) is 11.6. The van der Waals surface area contributed by atoms with Crippen LogP contribution in [0.15, 0.2) is 28.7 Å². The Labute approximate surface area is 122 Å². The zero-order chi connectivity index (χ0) is 14.3. The van der Waals surface area contributed by atoms with E-state index in [0.29, 0.717) is 19.6 Å². The molecule has 0 bridgehead atoms. The molecule has 19 heavy (non-hydrogen) atoms. The van der Waals surface area contributed by atoms with Crippen molar-refractivity contribution in [2.24, 2.45) is 5.41 Å². The second-order valence-electron chi connectivity index (χ2n) is 5.15. The number of rotatable bonds is 7. The van der Waals surface area contributed by atoms with Gasteiger partial charge in [0.2, 0.25) is 5.91 Å². The quantitative estimate of drug-likeness (QED) is 0.807. The van der Waals surface area contributed by atoms with Crippen molar-refractivity contribution < 1.29 is 14.6 Å². The van der Waals surface area contributed by atoms with Crippen LogP contribution < -0.4 is 10.1 Å². The molecule has 0 spiro atoms. The van der Waals surface area contributed by atoms with E-state index in [2.05, 4.69) is 21.2 Å². The topological polar surface area (TPSA) is 58.6 Å². The molecule has 5 heteroatoms. The highest BCUT2D eigenvalue weighted by molar-refractivity contribution is 9.10. The molecule has 1 aromatic carbocycles.